The van der Waals surface area contributed by atoms with E-state index in [9.17, 15) is 9.90 Å². The Kier molecular flexibility index (Phi) is 5.20. The van der Waals surface area contributed by atoms with Crippen LogP contribution in [0.3, 0.4) is 0 Å². The lowest BCUT2D eigenvalue weighted by atomic mass is 10.2. The van der Waals surface area contributed by atoms with Crippen LogP contribution in [-0.4, -0.2) is 17.6 Å². The predicted molar refractivity (Wildman–Crippen MR) is 82.7 cm³/mol. The summed E-state index contributed by atoms with van der Waals surface area (Å²) in [5.41, 5.74) is 2.26. The topological polar surface area (TPSA) is 58.6 Å². The van der Waals surface area contributed by atoms with Crippen molar-refractivity contribution in [1.29, 1.82) is 0 Å². The fourth-order valence-corrected chi connectivity index (χ4v) is 2.13. The number of halogens is 1. The highest BCUT2D eigenvalue weighted by Gasteiger charge is 2.11. The van der Waals surface area contributed by atoms with E-state index in [4.69, 9.17) is 16.3 Å². The normalized spacial score (nSPS) is 10.2. The van der Waals surface area contributed by atoms with E-state index in [0.29, 0.717) is 16.3 Å². The summed E-state index contributed by atoms with van der Waals surface area (Å²) in [6.45, 7) is 1.54. The predicted octanol–water partition coefficient (Wildman–Crippen LogP) is 3.16. The first kappa shape index (κ1) is 15.4. The molecule has 4 nitrogen and oxygen atoms in total. The van der Waals surface area contributed by atoms with Crippen molar-refractivity contribution in [3.05, 3.63) is 58.6 Å². The van der Waals surface area contributed by atoms with E-state index in [1.807, 2.05) is 31.2 Å². The number of para-hydroxylation sites is 2. The number of ether oxygens (including phenoxy) is 1. The number of aryl methyl sites for hydroxylation is 1. The molecule has 0 spiro atoms. The van der Waals surface area contributed by atoms with Crippen molar-refractivity contribution in [3.8, 4) is 5.75 Å². The molecular weight excluding hydrogens is 290 g/mol. The average molecular weight is 306 g/mol. The number of aliphatic hydroxyl groups excluding tert-OH is 1. The van der Waals surface area contributed by atoms with Gasteiger partial charge in [0.25, 0.3) is 5.91 Å². The number of hydrogen-bond acceptors (Lipinski definition) is 3. The smallest absolute Gasteiger partial charge is 0.262 e. The summed E-state index contributed by atoms with van der Waals surface area (Å²) in [6, 6.07) is 12.5. The summed E-state index contributed by atoms with van der Waals surface area (Å²) < 4.78 is 5.43. The Morgan fingerprint density at radius 3 is 2.71 bits per heavy atom. The molecule has 5 heteroatoms. The fourth-order valence-electron chi connectivity index (χ4n) is 1.88. The van der Waals surface area contributed by atoms with Gasteiger partial charge in [0.1, 0.15) is 5.75 Å². The van der Waals surface area contributed by atoms with Gasteiger partial charge in [0.05, 0.1) is 11.6 Å². The lowest BCUT2D eigenvalue weighted by Crippen LogP contribution is -2.21. The molecule has 0 aliphatic carbocycles. The molecule has 1 amide bonds. The Balaban J connectivity index is 2.01. The third-order valence-electron chi connectivity index (χ3n) is 2.99. The monoisotopic (exact) mass is 305 g/mol. The third kappa shape index (κ3) is 3.97. The molecule has 0 heterocycles. The van der Waals surface area contributed by atoms with Crippen LogP contribution < -0.4 is 10.1 Å². The zero-order valence-electron chi connectivity index (χ0n) is 11.6. The number of carbonyl (C=O) groups excluding carboxylic acids is 1. The second-order valence-corrected chi connectivity index (χ2v) is 4.95. The highest BCUT2D eigenvalue weighted by Crippen LogP contribution is 2.28. The van der Waals surface area contributed by atoms with E-state index in [1.165, 1.54) is 0 Å². The number of aliphatic hydroxyl groups is 1. The van der Waals surface area contributed by atoms with Gasteiger partial charge in [-0.3, -0.25) is 4.79 Å². The molecule has 2 N–H and O–H groups in total. The highest BCUT2D eigenvalue weighted by atomic mass is 35.5. The number of carbonyl (C=O) groups is 1. The maximum Gasteiger partial charge on any atom is 0.262 e. The number of amides is 1. The standard InChI is InChI=1S/C16H16ClNO3/c1-11-5-2-3-8-14(11)18-15(20)10-21-16-12(9-19)6-4-7-13(16)17/h2-8,19H,9-10H2,1H3,(H,18,20). The van der Waals surface area contributed by atoms with Crippen LogP contribution in [0.5, 0.6) is 5.75 Å². The SMILES string of the molecule is Cc1ccccc1NC(=O)COc1c(Cl)cccc1CO. The highest BCUT2D eigenvalue weighted by molar-refractivity contribution is 6.32. The third-order valence-corrected chi connectivity index (χ3v) is 3.28. The minimum Gasteiger partial charge on any atom is -0.482 e. The van der Waals surface area contributed by atoms with Gasteiger partial charge in [0, 0.05) is 11.3 Å². The summed E-state index contributed by atoms with van der Waals surface area (Å²) in [7, 11) is 0. The van der Waals surface area contributed by atoms with Gasteiger partial charge in [0.2, 0.25) is 0 Å². The Labute approximate surface area is 128 Å². The molecule has 0 aliphatic rings. The van der Waals surface area contributed by atoms with E-state index in [0.717, 1.165) is 11.3 Å². The lowest BCUT2D eigenvalue weighted by Gasteiger charge is -2.12. The Morgan fingerprint density at radius 2 is 2.00 bits per heavy atom. The molecule has 0 unspecified atom stereocenters. The molecule has 2 aromatic rings. The van der Waals surface area contributed by atoms with Crippen molar-refractivity contribution in [3.63, 3.8) is 0 Å². The van der Waals surface area contributed by atoms with E-state index in [-0.39, 0.29) is 19.1 Å². The van der Waals surface area contributed by atoms with Crippen molar-refractivity contribution in [2.75, 3.05) is 11.9 Å². The van der Waals surface area contributed by atoms with Gasteiger partial charge >= 0.3 is 0 Å². The van der Waals surface area contributed by atoms with Crippen molar-refractivity contribution in [2.24, 2.45) is 0 Å². The van der Waals surface area contributed by atoms with Gasteiger partial charge in [-0.1, -0.05) is 41.9 Å². The van der Waals surface area contributed by atoms with Gasteiger partial charge in [-0.25, -0.2) is 0 Å². The first-order chi connectivity index (χ1) is 10.1. The van der Waals surface area contributed by atoms with E-state index < -0.39 is 0 Å². The second kappa shape index (κ2) is 7.11. The van der Waals surface area contributed by atoms with Crippen LogP contribution in [0.25, 0.3) is 0 Å². The number of benzene rings is 2. The van der Waals surface area contributed by atoms with Gasteiger partial charge in [-0.2, -0.15) is 0 Å². The molecule has 2 aromatic carbocycles. The zero-order chi connectivity index (χ0) is 15.2. The summed E-state index contributed by atoms with van der Waals surface area (Å²) in [6.07, 6.45) is 0. The summed E-state index contributed by atoms with van der Waals surface area (Å²) in [4.78, 5) is 11.9. The maximum atomic E-state index is 11.9. The summed E-state index contributed by atoms with van der Waals surface area (Å²) >= 11 is 6.01. The van der Waals surface area contributed by atoms with Crippen LogP contribution in [-0.2, 0) is 11.4 Å². The number of rotatable bonds is 5. The van der Waals surface area contributed by atoms with Gasteiger partial charge in [0.15, 0.2) is 6.61 Å². The van der Waals surface area contributed by atoms with Crippen molar-refractivity contribution in [2.45, 2.75) is 13.5 Å². The largest absolute Gasteiger partial charge is 0.482 e. The fraction of sp³-hybridized carbons (Fsp3) is 0.188. The molecule has 0 saturated heterocycles. The van der Waals surface area contributed by atoms with E-state index in [2.05, 4.69) is 5.32 Å². The van der Waals surface area contributed by atoms with Crippen molar-refractivity contribution in [1.82, 2.24) is 0 Å². The molecule has 2 rings (SSSR count). The lowest BCUT2D eigenvalue weighted by molar-refractivity contribution is -0.118. The van der Waals surface area contributed by atoms with Crippen LogP contribution in [0.4, 0.5) is 5.69 Å². The quantitative estimate of drug-likeness (QED) is 0.892. The zero-order valence-corrected chi connectivity index (χ0v) is 12.4. The minimum absolute atomic E-state index is 0.176. The molecule has 0 aromatic heterocycles. The van der Waals surface area contributed by atoms with Crippen LogP contribution >= 0.6 is 11.6 Å². The van der Waals surface area contributed by atoms with Crippen LogP contribution in [0.1, 0.15) is 11.1 Å². The van der Waals surface area contributed by atoms with Crippen LogP contribution in [0.15, 0.2) is 42.5 Å². The molecule has 110 valence electrons. The average Bonchev–Trinajstić information content (AvgIpc) is 2.48. The van der Waals surface area contributed by atoms with Gasteiger partial charge in [-0.15, -0.1) is 0 Å². The molecule has 21 heavy (non-hydrogen) atoms. The molecule has 0 aliphatic heterocycles. The summed E-state index contributed by atoms with van der Waals surface area (Å²) in [5, 5.41) is 12.4. The van der Waals surface area contributed by atoms with Gasteiger partial charge < -0.3 is 15.2 Å². The minimum atomic E-state index is -0.284. The first-order valence-electron chi connectivity index (χ1n) is 6.48. The number of nitrogens with one attached hydrogen (secondary N) is 1. The van der Waals surface area contributed by atoms with Gasteiger partial charge in [-0.05, 0) is 24.6 Å². The number of hydrogen-bond donors (Lipinski definition) is 2. The molecule has 0 radical (unpaired) electrons. The Morgan fingerprint density at radius 1 is 1.24 bits per heavy atom. The van der Waals surface area contributed by atoms with Crippen LogP contribution in [0.2, 0.25) is 5.02 Å². The Bertz CT molecular complexity index is 643. The van der Waals surface area contributed by atoms with Crippen molar-refractivity contribution < 1.29 is 14.6 Å². The first-order valence-corrected chi connectivity index (χ1v) is 6.86. The maximum absolute atomic E-state index is 11.9. The second-order valence-electron chi connectivity index (χ2n) is 4.54. The van der Waals surface area contributed by atoms with E-state index >= 15 is 0 Å². The van der Waals surface area contributed by atoms with E-state index in [1.54, 1.807) is 18.2 Å². The Hall–Kier alpha value is -2.04. The molecule has 0 saturated carbocycles. The molecule has 0 fully saturated rings. The van der Waals surface area contributed by atoms with Crippen molar-refractivity contribution >= 4 is 23.2 Å². The van der Waals surface area contributed by atoms with Crippen LogP contribution in [0, 0.1) is 6.92 Å². The molecule has 0 atom stereocenters. The molecule has 0 bridgehead atoms. The summed E-state index contributed by atoms with van der Waals surface area (Å²) in [5.74, 6) is 0.0507. The number of anilines is 1. The molecular formula is C16H16ClNO3.